The van der Waals surface area contributed by atoms with E-state index in [2.05, 4.69) is 61.5 Å². The van der Waals surface area contributed by atoms with E-state index in [-0.39, 0.29) is 29.2 Å². The summed E-state index contributed by atoms with van der Waals surface area (Å²) in [6, 6.07) is 19.0. The van der Waals surface area contributed by atoms with Crippen LogP contribution in [-0.4, -0.2) is 98.0 Å². The van der Waals surface area contributed by atoms with E-state index in [0.29, 0.717) is 57.6 Å². The Morgan fingerprint density at radius 1 is 0.898 bits per heavy atom. The van der Waals surface area contributed by atoms with Gasteiger partial charge in [0.1, 0.15) is 23.2 Å². The maximum Gasteiger partial charge on any atom is 0.255 e. The van der Waals surface area contributed by atoms with Crippen LogP contribution < -0.4 is 30.6 Å². The second-order valence-electron chi connectivity index (χ2n) is 16.0. The van der Waals surface area contributed by atoms with Crippen LogP contribution >= 0.6 is 11.6 Å². The van der Waals surface area contributed by atoms with Gasteiger partial charge in [0.25, 0.3) is 5.91 Å². The first kappa shape index (κ1) is 38.8. The summed E-state index contributed by atoms with van der Waals surface area (Å²) in [4.78, 5) is 65.1. The quantitative estimate of drug-likeness (QED) is 0.121. The van der Waals surface area contributed by atoms with Gasteiger partial charge in [-0.05, 0) is 73.6 Å². The zero-order chi connectivity index (χ0) is 40.8. The molecule has 2 aromatic heterocycles. The molecule has 0 radical (unpaired) electrons. The molecule has 1 atom stereocenters. The third-order valence-electron chi connectivity index (χ3n) is 12.4. The van der Waals surface area contributed by atoms with Crippen molar-refractivity contribution < 1.29 is 23.5 Å². The fraction of sp³-hybridized carbons (Fsp3) is 0.400. The first-order chi connectivity index (χ1) is 28.7. The standard InChI is InChI=1S/C45H48ClN7O6/c1-3-15-47-38-24-31(43-41(48-38)42(55)40-34(46)5-4-6-36(40)59-43)28-7-9-29(10-8-28)52-20-18-50(19-21-52)25-27-13-16-51(17-14-27)30-22-32-33(37(23-30)58-2)26-53(45(32)57)35-11-12-39(54)49-44(35)56/h4-10,22-24,27,35H,3,11-21,25-26H2,1-2H3,(H,47,48)(H,49,54,56). The van der Waals surface area contributed by atoms with Crippen LogP contribution in [0.15, 0.2) is 69.9 Å². The van der Waals surface area contributed by atoms with E-state index in [1.807, 2.05) is 18.2 Å². The molecule has 0 aliphatic carbocycles. The number of methoxy groups -OCH3 is 1. The van der Waals surface area contributed by atoms with Gasteiger partial charge in [-0.2, -0.15) is 0 Å². The number of carbonyl (C=O) groups excluding carboxylic acids is 3. The van der Waals surface area contributed by atoms with Crippen LogP contribution in [0.1, 0.15) is 54.9 Å². The molecule has 9 rings (SSSR count). The maximum atomic E-state index is 13.7. The molecule has 0 bridgehead atoms. The van der Waals surface area contributed by atoms with Crippen LogP contribution in [0.4, 0.5) is 17.2 Å². The lowest BCUT2D eigenvalue weighted by molar-refractivity contribution is -0.136. The number of imide groups is 1. The zero-order valence-corrected chi connectivity index (χ0v) is 34.1. The van der Waals surface area contributed by atoms with Gasteiger partial charge in [-0.25, -0.2) is 4.98 Å². The Balaban J connectivity index is 0.820. The predicted molar refractivity (Wildman–Crippen MR) is 230 cm³/mol. The topological polar surface area (TPSA) is 141 Å². The van der Waals surface area contributed by atoms with E-state index in [9.17, 15) is 19.2 Å². The molecule has 3 fully saturated rings. The molecule has 0 saturated carbocycles. The minimum Gasteiger partial charge on any atom is -0.496 e. The number of piperidine rings is 2. The van der Waals surface area contributed by atoms with Crippen molar-refractivity contribution in [1.29, 1.82) is 0 Å². The number of benzene rings is 3. The Bertz CT molecular complexity index is 2510. The van der Waals surface area contributed by atoms with Gasteiger partial charge >= 0.3 is 0 Å². The SMILES string of the molecule is CCCNc1cc(-c2ccc(N3CCN(CC4CCN(c5cc(OC)c6c(c5)C(=O)N(C5CCC(=O)NC5=O)C6)CC4)CC3)cc2)c2oc3cccc(Cl)c3c(=O)c2n1. The third kappa shape index (κ3) is 7.46. The second kappa shape index (κ2) is 16.2. The molecule has 6 heterocycles. The summed E-state index contributed by atoms with van der Waals surface area (Å²) in [6.07, 6.45) is 3.58. The van der Waals surface area contributed by atoms with Gasteiger partial charge in [0.2, 0.25) is 17.2 Å². The van der Waals surface area contributed by atoms with Crippen molar-refractivity contribution in [3.8, 4) is 16.9 Å². The molecule has 306 valence electrons. The molecule has 5 aromatic rings. The number of hydrogen-bond acceptors (Lipinski definition) is 11. The van der Waals surface area contributed by atoms with Gasteiger partial charge in [0, 0.05) is 87.3 Å². The number of nitrogens with one attached hydrogen (secondary N) is 2. The van der Waals surface area contributed by atoms with Crippen molar-refractivity contribution in [3.63, 3.8) is 0 Å². The number of aromatic nitrogens is 1. The van der Waals surface area contributed by atoms with Crippen LogP contribution in [-0.2, 0) is 16.1 Å². The van der Waals surface area contributed by atoms with Crippen molar-refractivity contribution in [3.05, 3.63) is 87.0 Å². The Labute approximate surface area is 347 Å². The monoisotopic (exact) mass is 817 g/mol. The molecular weight excluding hydrogens is 770 g/mol. The van der Waals surface area contributed by atoms with E-state index in [0.717, 1.165) is 99.7 Å². The molecule has 14 heteroatoms. The molecule has 3 amide bonds. The highest BCUT2D eigenvalue weighted by atomic mass is 35.5. The molecule has 3 saturated heterocycles. The average Bonchev–Trinajstić information content (AvgIpc) is 3.58. The second-order valence-corrected chi connectivity index (χ2v) is 16.4. The summed E-state index contributed by atoms with van der Waals surface area (Å²) >= 11 is 6.43. The number of hydrogen-bond donors (Lipinski definition) is 2. The summed E-state index contributed by atoms with van der Waals surface area (Å²) in [6.45, 7) is 9.77. The molecule has 2 N–H and O–H groups in total. The number of nitrogens with zero attached hydrogens (tertiary/aromatic N) is 5. The smallest absolute Gasteiger partial charge is 0.255 e. The number of amides is 3. The minimum atomic E-state index is -0.658. The fourth-order valence-corrected chi connectivity index (χ4v) is 9.40. The molecule has 13 nitrogen and oxygen atoms in total. The van der Waals surface area contributed by atoms with Crippen molar-refractivity contribution >= 4 is 68.6 Å². The van der Waals surface area contributed by atoms with E-state index < -0.39 is 11.9 Å². The van der Waals surface area contributed by atoms with Crippen molar-refractivity contribution in [2.24, 2.45) is 5.92 Å². The fourth-order valence-electron chi connectivity index (χ4n) is 9.14. The number of piperazine rings is 1. The number of halogens is 1. The largest absolute Gasteiger partial charge is 0.496 e. The highest BCUT2D eigenvalue weighted by Crippen LogP contribution is 2.39. The normalized spacial score (nSPS) is 19.1. The van der Waals surface area contributed by atoms with Crippen molar-refractivity contribution in [2.75, 3.05) is 74.6 Å². The van der Waals surface area contributed by atoms with E-state index in [4.69, 9.17) is 20.8 Å². The minimum absolute atomic E-state index is 0.189. The summed E-state index contributed by atoms with van der Waals surface area (Å²) in [5.74, 6) is 0.961. The van der Waals surface area contributed by atoms with Gasteiger partial charge in [-0.1, -0.05) is 36.7 Å². The van der Waals surface area contributed by atoms with Gasteiger partial charge in [-0.15, -0.1) is 0 Å². The lowest BCUT2D eigenvalue weighted by Crippen LogP contribution is -2.52. The van der Waals surface area contributed by atoms with Gasteiger partial charge in [0.05, 0.1) is 29.6 Å². The number of carbonyl (C=O) groups is 3. The number of rotatable bonds is 10. The Kier molecular flexibility index (Phi) is 10.6. The highest BCUT2D eigenvalue weighted by molar-refractivity contribution is 6.35. The summed E-state index contributed by atoms with van der Waals surface area (Å²) in [5.41, 5.74) is 6.13. The van der Waals surface area contributed by atoms with Crippen LogP contribution in [0.5, 0.6) is 5.75 Å². The Morgan fingerprint density at radius 3 is 2.39 bits per heavy atom. The molecular formula is C45H48ClN7O6. The van der Waals surface area contributed by atoms with Crippen LogP contribution in [0.2, 0.25) is 5.02 Å². The van der Waals surface area contributed by atoms with E-state index >= 15 is 0 Å². The molecule has 3 aromatic carbocycles. The summed E-state index contributed by atoms with van der Waals surface area (Å²) in [7, 11) is 1.62. The lowest BCUT2D eigenvalue weighted by atomic mass is 9.95. The predicted octanol–water partition coefficient (Wildman–Crippen LogP) is 6.29. The molecule has 0 spiro atoms. The number of anilines is 3. The molecule has 4 aliphatic heterocycles. The van der Waals surface area contributed by atoms with Gasteiger partial charge in [0.15, 0.2) is 11.1 Å². The van der Waals surface area contributed by atoms with Crippen LogP contribution in [0, 0.1) is 5.92 Å². The van der Waals surface area contributed by atoms with E-state index in [1.165, 1.54) is 0 Å². The summed E-state index contributed by atoms with van der Waals surface area (Å²) in [5, 5.41) is 6.41. The highest BCUT2D eigenvalue weighted by Gasteiger charge is 2.41. The Morgan fingerprint density at radius 2 is 1.66 bits per heavy atom. The average molecular weight is 818 g/mol. The number of ether oxygens (including phenoxy) is 1. The third-order valence-corrected chi connectivity index (χ3v) is 12.7. The summed E-state index contributed by atoms with van der Waals surface area (Å²) < 4.78 is 12.1. The van der Waals surface area contributed by atoms with Crippen LogP contribution in [0.3, 0.4) is 0 Å². The van der Waals surface area contributed by atoms with Crippen molar-refractivity contribution in [2.45, 2.75) is 51.6 Å². The number of pyridine rings is 1. The molecule has 1 unspecified atom stereocenters. The lowest BCUT2D eigenvalue weighted by Gasteiger charge is -2.40. The zero-order valence-electron chi connectivity index (χ0n) is 33.4. The van der Waals surface area contributed by atoms with E-state index in [1.54, 1.807) is 30.2 Å². The number of fused-ring (bicyclic) bond motifs is 3. The Hall–Kier alpha value is -5.66. The van der Waals surface area contributed by atoms with Crippen LogP contribution in [0.25, 0.3) is 33.2 Å². The first-order valence-electron chi connectivity index (χ1n) is 20.7. The maximum absolute atomic E-state index is 13.7. The molecule has 4 aliphatic rings. The van der Waals surface area contributed by atoms with Crippen molar-refractivity contribution in [1.82, 2.24) is 20.1 Å². The molecule has 59 heavy (non-hydrogen) atoms. The van der Waals surface area contributed by atoms with Gasteiger partial charge in [-0.3, -0.25) is 29.4 Å². The van der Waals surface area contributed by atoms with Gasteiger partial charge < -0.3 is 29.2 Å². The first-order valence-corrected chi connectivity index (χ1v) is 21.0.